The molecule has 2 atom stereocenters. The molecule has 2 aromatic carbocycles. The molecule has 1 N–H and O–H groups in total. The lowest BCUT2D eigenvalue weighted by molar-refractivity contribution is 0.155. The largest absolute Gasteiger partial charge is 0.388 e. The van der Waals surface area contributed by atoms with Crippen molar-refractivity contribution in [3.63, 3.8) is 0 Å². The first-order chi connectivity index (χ1) is 10.3. The normalized spacial score (nSPS) is 18.6. The molecular weight excluding hydrogens is 278 g/mol. The maximum absolute atomic E-state index is 10.9. The molecule has 0 saturated heterocycles. The first-order valence-electron chi connectivity index (χ1n) is 7.07. The van der Waals surface area contributed by atoms with Gasteiger partial charge in [0.25, 0.3) is 0 Å². The first kappa shape index (κ1) is 12.9. The van der Waals surface area contributed by atoms with Crippen LogP contribution >= 0.6 is 11.8 Å². The molecule has 21 heavy (non-hydrogen) atoms. The first-order valence-corrected chi connectivity index (χ1v) is 8.05. The molecule has 1 aliphatic rings. The Kier molecular flexibility index (Phi) is 3.17. The van der Waals surface area contributed by atoms with Gasteiger partial charge in [-0.05, 0) is 17.0 Å². The van der Waals surface area contributed by atoms with Crippen LogP contribution in [0.1, 0.15) is 23.1 Å². The van der Waals surface area contributed by atoms with E-state index in [4.69, 9.17) is 0 Å². The number of thioether (sulfide) groups is 1. The minimum Gasteiger partial charge on any atom is -0.388 e. The van der Waals surface area contributed by atoms with Crippen LogP contribution in [0.5, 0.6) is 0 Å². The minimum absolute atomic E-state index is 0.138. The van der Waals surface area contributed by atoms with Gasteiger partial charge in [-0.2, -0.15) is 0 Å². The zero-order valence-electron chi connectivity index (χ0n) is 11.4. The van der Waals surface area contributed by atoms with Crippen LogP contribution in [0.15, 0.2) is 65.8 Å². The zero-order valence-corrected chi connectivity index (χ0v) is 12.3. The highest BCUT2D eigenvalue weighted by atomic mass is 32.2. The van der Waals surface area contributed by atoms with E-state index in [2.05, 4.69) is 29.2 Å². The maximum Gasteiger partial charge on any atom is 0.0887 e. The molecule has 0 saturated carbocycles. The number of rotatable bonds is 2. The minimum atomic E-state index is -0.514. The van der Waals surface area contributed by atoms with E-state index < -0.39 is 6.10 Å². The van der Waals surface area contributed by atoms with E-state index in [0.29, 0.717) is 0 Å². The third-order valence-electron chi connectivity index (χ3n) is 4.14. The van der Waals surface area contributed by atoms with Gasteiger partial charge in [0.2, 0.25) is 0 Å². The molecule has 3 heteroatoms. The van der Waals surface area contributed by atoms with Crippen LogP contribution in [0.25, 0.3) is 10.8 Å². The summed E-state index contributed by atoms with van der Waals surface area (Å²) in [6, 6.07) is 16.5. The zero-order chi connectivity index (χ0) is 14.2. The summed E-state index contributed by atoms with van der Waals surface area (Å²) in [7, 11) is 0. The van der Waals surface area contributed by atoms with Crippen LogP contribution in [0.3, 0.4) is 0 Å². The van der Waals surface area contributed by atoms with Crippen LogP contribution in [0, 0.1) is 0 Å². The van der Waals surface area contributed by atoms with E-state index in [-0.39, 0.29) is 5.92 Å². The van der Waals surface area contributed by atoms with E-state index in [1.54, 1.807) is 6.20 Å². The Balaban J connectivity index is 1.80. The second-order valence-corrected chi connectivity index (χ2v) is 6.41. The molecule has 104 valence electrons. The van der Waals surface area contributed by atoms with Crippen molar-refractivity contribution in [1.82, 2.24) is 4.98 Å². The SMILES string of the molecule is OC(c1cncc2ccccc12)C1CSc2ccccc21. The molecule has 4 rings (SSSR count). The lowest BCUT2D eigenvalue weighted by Crippen LogP contribution is -2.11. The fourth-order valence-electron chi connectivity index (χ4n) is 3.04. The highest BCUT2D eigenvalue weighted by Gasteiger charge is 2.30. The third kappa shape index (κ3) is 2.13. The van der Waals surface area contributed by atoms with Crippen molar-refractivity contribution in [3.05, 3.63) is 72.1 Å². The van der Waals surface area contributed by atoms with Crippen LogP contribution in [0.2, 0.25) is 0 Å². The summed E-state index contributed by atoms with van der Waals surface area (Å²) in [5, 5.41) is 13.1. The summed E-state index contributed by atoms with van der Waals surface area (Å²) in [6.07, 6.45) is 3.14. The van der Waals surface area contributed by atoms with Gasteiger partial charge in [-0.3, -0.25) is 4.98 Å². The van der Waals surface area contributed by atoms with Crippen LogP contribution < -0.4 is 0 Å². The predicted molar refractivity (Wildman–Crippen MR) is 86.6 cm³/mol. The summed E-state index contributed by atoms with van der Waals surface area (Å²) >= 11 is 1.82. The van der Waals surface area contributed by atoms with Gasteiger partial charge < -0.3 is 5.11 Å². The van der Waals surface area contributed by atoms with Gasteiger partial charge in [-0.1, -0.05) is 42.5 Å². The van der Waals surface area contributed by atoms with E-state index in [1.807, 2.05) is 42.2 Å². The van der Waals surface area contributed by atoms with E-state index in [1.165, 1.54) is 10.5 Å². The van der Waals surface area contributed by atoms with Gasteiger partial charge in [-0.15, -0.1) is 11.8 Å². The summed E-state index contributed by atoms with van der Waals surface area (Å²) in [5.74, 6) is 1.06. The quantitative estimate of drug-likeness (QED) is 0.770. The van der Waals surface area contributed by atoms with Crippen molar-refractivity contribution in [1.29, 1.82) is 0 Å². The summed E-state index contributed by atoms with van der Waals surface area (Å²) < 4.78 is 0. The molecule has 0 aliphatic carbocycles. The Morgan fingerprint density at radius 1 is 1.05 bits per heavy atom. The Bertz CT molecular complexity index is 797. The van der Waals surface area contributed by atoms with Crippen LogP contribution in [0.4, 0.5) is 0 Å². The highest BCUT2D eigenvalue weighted by molar-refractivity contribution is 7.99. The van der Waals surface area contributed by atoms with Crippen molar-refractivity contribution in [2.75, 3.05) is 5.75 Å². The van der Waals surface area contributed by atoms with Gasteiger partial charge in [0.05, 0.1) is 6.10 Å². The van der Waals surface area contributed by atoms with Gasteiger partial charge in [0, 0.05) is 39.9 Å². The topological polar surface area (TPSA) is 33.1 Å². The summed E-state index contributed by atoms with van der Waals surface area (Å²) in [6.45, 7) is 0. The molecular formula is C18H15NOS. The monoisotopic (exact) mass is 293 g/mol. The number of aromatic nitrogens is 1. The van der Waals surface area contributed by atoms with Gasteiger partial charge >= 0.3 is 0 Å². The van der Waals surface area contributed by atoms with Crippen LogP contribution in [-0.2, 0) is 0 Å². The number of pyridine rings is 1. The number of aliphatic hydroxyl groups is 1. The number of hydrogen-bond donors (Lipinski definition) is 1. The second kappa shape index (κ2) is 5.17. The molecule has 1 aliphatic heterocycles. The average Bonchev–Trinajstić information content (AvgIpc) is 2.98. The fraction of sp³-hybridized carbons (Fsp3) is 0.167. The van der Waals surface area contributed by atoms with E-state index in [9.17, 15) is 5.11 Å². The maximum atomic E-state index is 10.9. The van der Waals surface area contributed by atoms with E-state index >= 15 is 0 Å². The molecule has 0 amide bonds. The standard InChI is InChI=1S/C18H15NOS/c20-18(16-11-21-17-8-4-3-7-14(16)17)15-10-19-9-12-5-1-2-6-13(12)15/h1-10,16,18,20H,11H2. The van der Waals surface area contributed by atoms with Crippen molar-refractivity contribution < 1.29 is 5.11 Å². The van der Waals surface area contributed by atoms with Gasteiger partial charge in [0.1, 0.15) is 0 Å². The number of hydrogen-bond acceptors (Lipinski definition) is 3. The highest BCUT2D eigenvalue weighted by Crippen LogP contribution is 2.46. The van der Waals surface area contributed by atoms with E-state index in [0.717, 1.165) is 22.1 Å². The van der Waals surface area contributed by atoms with Gasteiger partial charge in [-0.25, -0.2) is 0 Å². The molecule has 1 aromatic heterocycles. The molecule has 2 nitrogen and oxygen atoms in total. The molecule has 0 bridgehead atoms. The van der Waals surface area contributed by atoms with Crippen molar-refractivity contribution in [2.45, 2.75) is 16.9 Å². The second-order valence-electron chi connectivity index (χ2n) is 5.35. The predicted octanol–water partition coefficient (Wildman–Crippen LogP) is 4.16. The molecule has 0 spiro atoms. The van der Waals surface area contributed by atoms with Gasteiger partial charge in [0.15, 0.2) is 0 Å². The smallest absolute Gasteiger partial charge is 0.0887 e. The lowest BCUT2D eigenvalue weighted by atomic mass is 9.89. The summed E-state index contributed by atoms with van der Waals surface area (Å²) in [4.78, 5) is 5.58. The van der Waals surface area contributed by atoms with Crippen molar-refractivity contribution in [2.24, 2.45) is 0 Å². The Hall–Kier alpha value is -1.84. The Labute approximate surface area is 127 Å². The number of nitrogens with zero attached hydrogens (tertiary/aromatic N) is 1. The van der Waals surface area contributed by atoms with Crippen molar-refractivity contribution in [3.8, 4) is 0 Å². The number of fused-ring (bicyclic) bond motifs is 2. The number of aliphatic hydroxyl groups excluding tert-OH is 1. The lowest BCUT2D eigenvalue weighted by Gasteiger charge is -2.20. The van der Waals surface area contributed by atoms with Crippen molar-refractivity contribution >= 4 is 22.5 Å². The molecule has 0 radical (unpaired) electrons. The molecule has 2 heterocycles. The number of benzene rings is 2. The molecule has 3 aromatic rings. The third-order valence-corrected chi connectivity index (χ3v) is 5.34. The fourth-order valence-corrected chi connectivity index (χ4v) is 4.32. The van der Waals surface area contributed by atoms with Crippen LogP contribution in [-0.4, -0.2) is 15.8 Å². The Morgan fingerprint density at radius 3 is 2.81 bits per heavy atom. The average molecular weight is 293 g/mol. The summed E-state index contributed by atoms with van der Waals surface area (Å²) in [5.41, 5.74) is 2.18. The molecule has 0 fully saturated rings. The Morgan fingerprint density at radius 2 is 1.86 bits per heavy atom. The molecule has 2 unspecified atom stereocenters.